The van der Waals surface area contributed by atoms with Gasteiger partial charge in [-0.15, -0.1) is 5.10 Å². The Hall–Kier alpha value is -1.41. The molecule has 98 valence electrons. The Bertz CT molecular complexity index is 706. The minimum absolute atomic E-state index is 0.604. The molecular formula is C11H11BrN6S. The van der Waals surface area contributed by atoms with E-state index < -0.39 is 0 Å². The van der Waals surface area contributed by atoms with Crippen molar-refractivity contribution in [3.05, 3.63) is 34.6 Å². The zero-order valence-electron chi connectivity index (χ0n) is 10.2. The lowest BCUT2D eigenvalue weighted by Gasteiger charge is -1.92. The highest BCUT2D eigenvalue weighted by molar-refractivity contribution is 9.10. The maximum absolute atomic E-state index is 4.37. The van der Waals surface area contributed by atoms with Crippen molar-refractivity contribution in [2.75, 3.05) is 0 Å². The van der Waals surface area contributed by atoms with Gasteiger partial charge in [0.1, 0.15) is 0 Å². The first-order valence-electron chi connectivity index (χ1n) is 5.78. The van der Waals surface area contributed by atoms with E-state index in [0.717, 1.165) is 27.6 Å². The van der Waals surface area contributed by atoms with E-state index in [-0.39, 0.29) is 0 Å². The van der Waals surface area contributed by atoms with Gasteiger partial charge in [0.25, 0.3) is 5.78 Å². The Kier molecular flexibility index (Phi) is 3.52. The molecule has 0 bridgehead atoms. The van der Waals surface area contributed by atoms with Crippen LogP contribution < -0.4 is 0 Å². The first kappa shape index (κ1) is 12.6. The van der Waals surface area contributed by atoms with Gasteiger partial charge in [0, 0.05) is 24.3 Å². The van der Waals surface area contributed by atoms with E-state index in [1.807, 2.05) is 12.4 Å². The van der Waals surface area contributed by atoms with Crippen LogP contribution >= 0.6 is 27.7 Å². The fraction of sp³-hybridized carbons (Fsp3) is 0.273. The molecule has 3 heterocycles. The van der Waals surface area contributed by atoms with Crippen molar-refractivity contribution in [1.29, 1.82) is 0 Å². The first-order valence-corrected chi connectivity index (χ1v) is 7.56. The van der Waals surface area contributed by atoms with Crippen LogP contribution in [0.2, 0.25) is 0 Å². The van der Waals surface area contributed by atoms with Gasteiger partial charge in [-0.2, -0.15) is 4.98 Å². The van der Waals surface area contributed by atoms with Gasteiger partial charge in [-0.05, 0) is 22.4 Å². The summed E-state index contributed by atoms with van der Waals surface area (Å²) in [6.07, 6.45) is 6.36. The van der Waals surface area contributed by atoms with Crippen LogP contribution in [0.5, 0.6) is 0 Å². The van der Waals surface area contributed by atoms with E-state index in [4.69, 9.17) is 0 Å². The van der Waals surface area contributed by atoms with Crippen molar-refractivity contribution in [1.82, 2.24) is 29.5 Å². The molecule has 0 aliphatic carbocycles. The maximum atomic E-state index is 4.37. The Morgan fingerprint density at radius 3 is 3.05 bits per heavy atom. The van der Waals surface area contributed by atoms with Crippen LogP contribution in [0.4, 0.5) is 0 Å². The number of aromatic amines is 1. The highest BCUT2D eigenvalue weighted by Crippen LogP contribution is 2.18. The van der Waals surface area contributed by atoms with Crippen molar-refractivity contribution < 1.29 is 0 Å². The Balaban J connectivity index is 1.74. The summed E-state index contributed by atoms with van der Waals surface area (Å²) >= 11 is 4.94. The number of imidazole rings is 1. The van der Waals surface area contributed by atoms with Gasteiger partial charge in [-0.3, -0.25) is 0 Å². The third-order valence-electron chi connectivity index (χ3n) is 2.53. The van der Waals surface area contributed by atoms with E-state index >= 15 is 0 Å². The van der Waals surface area contributed by atoms with Crippen LogP contribution in [0.15, 0.2) is 28.2 Å². The Labute approximate surface area is 122 Å². The fourth-order valence-electron chi connectivity index (χ4n) is 1.59. The smallest absolute Gasteiger partial charge is 0.252 e. The molecule has 0 aromatic carbocycles. The van der Waals surface area contributed by atoms with E-state index in [1.54, 1.807) is 22.5 Å². The summed E-state index contributed by atoms with van der Waals surface area (Å²) in [7, 11) is 0. The summed E-state index contributed by atoms with van der Waals surface area (Å²) in [5, 5.41) is 5.26. The summed E-state index contributed by atoms with van der Waals surface area (Å²) in [6.45, 7) is 2.09. The zero-order valence-corrected chi connectivity index (χ0v) is 12.6. The van der Waals surface area contributed by atoms with Gasteiger partial charge >= 0.3 is 0 Å². The standard InChI is InChI=1S/C11H11BrN6S/c1-2-8-4-14-11(15-8)19-6-9-16-10-13-3-7(12)5-18(10)17-9/h3-5H,2,6H2,1H3,(H,14,15). The Morgan fingerprint density at radius 2 is 2.26 bits per heavy atom. The average Bonchev–Trinajstić information content (AvgIpc) is 3.01. The molecule has 0 aliphatic rings. The summed E-state index contributed by atoms with van der Waals surface area (Å²) < 4.78 is 2.54. The topological polar surface area (TPSA) is 71.8 Å². The van der Waals surface area contributed by atoms with Gasteiger partial charge in [0.05, 0.1) is 10.2 Å². The maximum Gasteiger partial charge on any atom is 0.252 e. The molecule has 0 radical (unpaired) electrons. The molecule has 8 heteroatoms. The number of halogens is 1. The van der Waals surface area contributed by atoms with Crippen molar-refractivity contribution in [3.63, 3.8) is 0 Å². The molecule has 0 saturated carbocycles. The summed E-state index contributed by atoms with van der Waals surface area (Å²) in [4.78, 5) is 16.1. The molecule has 3 rings (SSSR count). The molecule has 0 unspecified atom stereocenters. The number of aryl methyl sites for hydroxylation is 1. The second-order valence-corrected chi connectivity index (χ2v) is 5.78. The lowest BCUT2D eigenvalue weighted by molar-refractivity contribution is 0.905. The van der Waals surface area contributed by atoms with Crippen molar-refractivity contribution in [2.45, 2.75) is 24.3 Å². The van der Waals surface area contributed by atoms with Gasteiger partial charge in [-0.25, -0.2) is 14.5 Å². The average molecular weight is 339 g/mol. The second kappa shape index (κ2) is 5.30. The van der Waals surface area contributed by atoms with Gasteiger partial charge in [0.2, 0.25) is 0 Å². The van der Waals surface area contributed by atoms with E-state index in [0.29, 0.717) is 11.5 Å². The van der Waals surface area contributed by atoms with Crippen LogP contribution in [0, 0.1) is 0 Å². The number of thioether (sulfide) groups is 1. The van der Waals surface area contributed by atoms with Crippen LogP contribution in [-0.2, 0) is 12.2 Å². The van der Waals surface area contributed by atoms with Crippen molar-refractivity contribution in [2.24, 2.45) is 0 Å². The summed E-state index contributed by atoms with van der Waals surface area (Å²) in [5.74, 6) is 2.01. The predicted molar refractivity (Wildman–Crippen MR) is 76.0 cm³/mol. The normalized spacial score (nSPS) is 11.3. The van der Waals surface area contributed by atoms with E-state index in [2.05, 4.69) is 47.9 Å². The highest BCUT2D eigenvalue weighted by atomic mass is 79.9. The summed E-state index contributed by atoms with van der Waals surface area (Å²) in [6, 6.07) is 0. The molecule has 1 N–H and O–H groups in total. The number of hydrogen-bond acceptors (Lipinski definition) is 5. The van der Waals surface area contributed by atoms with Crippen LogP contribution in [0.1, 0.15) is 18.4 Å². The second-order valence-electron chi connectivity index (χ2n) is 3.90. The number of H-pyrrole nitrogens is 1. The molecule has 0 saturated heterocycles. The molecule has 0 fully saturated rings. The third kappa shape index (κ3) is 2.79. The molecule has 0 spiro atoms. The lowest BCUT2D eigenvalue weighted by Crippen LogP contribution is -1.89. The van der Waals surface area contributed by atoms with E-state index in [9.17, 15) is 0 Å². The number of nitrogens with one attached hydrogen (secondary N) is 1. The van der Waals surface area contributed by atoms with Crippen LogP contribution in [0.25, 0.3) is 5.78 Å². The quantitative estimate of drug-likeness (QED) is 0.740. The zero-order chi connectivity index (χ0) is 13.2. The molecule has 6 nitrogen and oxygen atoms in total. The largest absolute Gasteiger partial charge is 0.337 e. The molecule has 0 amide bonds. The number of fused-ring (bicyclic) bond motifs is 1. The minimum Gasteiger partial charge on any atom is -0.337 e. The van der Waals surface area contributed by atoms with E-state index in [1.165, 1.54) is 0 Å². The Morgan fingerprint density at radius 1 is 1.37 bits per heavy atom. The SMILES string of the molecule is CCc1cnc(SCc2nc3ncc(Br)cn3n2)[nH]1. The van der Waals surface area contributed by atoms with Gasteiger partial charge in [-0.1, -0.05) is 18.7 Å². The van der Waals surface area contributed by atoms with Gasteiger partial charge < -0.3 is 4.98 Å². The van der Waals surface area contributed by atoms with Crippen molar-refractivity contribution >= 4 is 33.5 Å². The number of rotatable bonds is 4. The molecule has 0 atom stereocenters. The number of hydrogen-bond donors (Lipinski definition) is 1. The highest BCUT2D eigenvalue weighted by Gasteiger charge is 2.07. The monoisotopic (exact) mass is 338 g/mol. The fourth-order valence-corrected chi connectivity index (χ4v) is 2.60. The predicted octanol–water partition coefficient (Wildman–Crippen LogP) is 2.46. The van der Waals surface area contributed by atoms with Crippen molar-refractivity contribution in [3.8, 4) is 0 Å². The molecular weight excluding hydrogens is 328 g/mol. The number of aromatic nitrogens is 6. The third-order valence-corrected chi connectivity index (χ3v) is 3.82. The van der Waals surface area contributed by atoms with Crippen LogP contribution in [0.3, 0.4) is 0 Å². The van der Waals surface area contributed by atoms with Gasteiger partial charge in [0.15, 0.2) is 11.0 Å². The molecule has 3 aromatic rings. The lowest BCUT2D eigenvalue weighted by atomic mass is 10.4. The molecule has 19 heavy (non-hydrogen) atoms. The minimum atomic E-state index is 0.604. The first-order chi connectivity index (χ1) is 9.24. The number of nitrogens with zero attached hydrogens (tertiary/aromatic N) is 5. The van der Waals surface area contributed by atoms with Crippen LogP contribution in [-0.4, -0.2) is 29.5 Å². The summed E-state index contributed by atoms with van der Waals surface area (Å²) in [5.41, 5.74) is 1.14. The molecule has 3 aromatic heterocycles. The molecule has 0 aliphatic heterocycles.